The average molecular weight is 358 g/mol. The molecule has 0 aliphatic heterocycles. The van der Waals surface area contributed by atoms with E-state index in [1.807, 2.05) is 12.1 Å². The summed E-state index contributed by atoms with van der Waals surface area (Å²) >= 11 is 0. The zero-order valence-electron chi connectivity index (χ0n) is 15.0. The van der Waals surface area contributed by atoms with Gasteiger partial charge in [0.05, 0.1) is 19.2 Å². The zero-order valence-corrected chi connectivity index (χ0v) is 15.0. The summed E-state index contributed by atoms with van der Waals surface area (Å²) in [5.41, 5.74) is 2.29. The van der Waals surface area contributed by atoms with Gasteiger partial charge in [0, 0.05) is 18.2 Å². The van der Waals surface area contributed by atoms with Crippen molar-refractivity contribution in [2.24, 2.45) is 0 Å². The molecule has 7 heteroatoms. The lowest BCUT2D eigenvalue weighted by molar-refractivity contribution is -0.910. The van der Waals surface area contributed by atoms with Crippen molar-refractivity contribution < 1.29 is 19.0 Å². The number of rotatable bonds is 9. The van der Waals surface area contributed by atoms with E-state index in [1.165, 1.54) is 34.7 Å². The van der Waals surface area contributed by atoms with Crippen LogP contribution in [0.3, 0.4) is 0 Å². The number of carbonyl (C=O) groups is 1. The summed E-state index contributed by atoms with van der Waals surface area (Å²) in [4.78, 5) is 23.3. The summed E-state index contributed by atoms with van der Waals surface area (Å²) in [5, 5.41) is 13.3. The highest BCUT2D eigenvalue weighted by atomic mass is 16.6. The molecule has 2 aromatic rings. The number of nitro groups is 1. The number of hydrogen-bond donors (Lipinski definition) is 2. The van der Waals surface area contributed by atoms with Crippen molar-refractivity contribution in [2.45, 2.75) is 26.9 Å². The number of quaternary nitrogens is 1. The fraction of sp³-hybridized carbons (Fsp3) is 0.316. The third kappa shape index (κ3) is 5.86. The Kier molecular flexibility index (Phi) is 7.11. The van der Waals surface area contributed by atoms with Gasteiger partial charge in [-0.15, -0.1) is 0 Å². The van der Waals surface area contributed by atoms with Gasteiger partial charge in [0.1, 0.15) is 17.2 Å². The highest BCUT2D eigenvalue weighted by Crippen LogP contribution is 2.16. The highest BCUT2D eigenvalue weighted by molar-refractivity contribution is 5.91. The first-order valence-electron chi connectivity index (χ1n) is 8.63. The second kappa shape index (κ2) is 9.53. The SMILES string of the molecule is CC[NH+](CC)Cc1ccc(CNC(=O)/C=C/c2ccc([N+](=O)[O-])o2)cc1. The fourth-order valence-electron chi connectivity index (χ4n) is 2.50. The van der Waals surface area contributed by atoms with E-state index in [1.54, 1.807) is 0 Å². The van der Waals surface area contributed by atoms with E-state index < -0.39 is 4.92 Å². The van der Waals surface area contributed by atoms with E-state index in [0.29, 0.717) is 6.54 Å². The highest BCUT2D eigenvalue weighted by Gasteiger charge is 2.10. The molecule has 0 radical (unpaired) electrons. The molecular formula is C19H24N3O4+. The molecule has 0 aliphatic carbocycles. The van der Waals surface area contributed by atoms with Crippen molar-refractivity contribution in [1.82, 2.24) is 5.32 Å². The van der Waals surface area contributed by atoms with Gasteiger partial charge in [-0.1, -0.05) is 24.3 Å². The Labute approximate surface area is 152 Å². The Morgan fingerprint density at radius 2 is 1.81 bits per heavy atom. The number of nitrogens with zero attached hydrogens (tertiary/aromatic N) is 1. The molecular weight excluding hydrogens is 334 g/mol. The first kappa shape index (κ1) is 19.4. The number of nitrogens with one attached hydrogen (secondary N) is 2. The van der Waals surface area contributed by atoms with Crippen LogP contribution in [0.4, 0.5) is 5.88 Å². The first-order valence-corrected chi connectivity index (χ1v) is 8.63. The van der Waals surface area contributed by atoms with Crippen molar-refractivity contribution in [3.63, 3.8) is 0 Å². The third-order valence-electron chi connectivity index (χ3n) is 4.14. The number of furan rings is 1. The van der Waals surface area contributed by atoms with E-state index in [4.69, 9.17) is 4.42 Å². The topological polar surface area (TPSA) is 89.8 Å². The molecule has 1 amide bonds. The minimum atomic E-state index is -0.622. The molecule has 0 spiro atoms. The van der Waals surface area contributed by atoms with Gasteiger partial charge in [0.15, 0.2) is 0 Å². The maximum atomic E-state index is 11.8. The summed E-state index contributed by atoms with van der Waals surface area (Å²) in [6.45, 7) is 7.96. The van der Waals surface area contributed by atoms with Gasteiger partial charge in [-0.2, -0.15) is 0 Å². The standard InChI is InChI=1S/C19H23N3O4/c1-3-21(4-2)14-16-7-5-15(6-8-16)13-20-18(23)11-9-17-10-12-19(26-17)22(24)25/h5-12H,3-4,13-14H2,1-2H3,(H,20,23)/p+1/b11-9+. The number of amides is 1. The predicted octanol–water partition coefficient (Wildman–Crippen LogP) is 1.94. The Balaban J connectivity index is 1.82. The summed E-state index contributed by atoms with van der Waals surface area (Å²) in [5.74, 6) is -0.382. The number of hydrogen-bond acceptors (Lipinski definition) is 4. The smallest absolute Gasteiger partial charge is 0.401 e. The van der Waals surface area contributed by atoms with Crippen molar-refractivity contribution in [3.05, 3.63) is 69.5 Å². The molecule has 7 nitrogen and oxygen atoms in total. The van der Waals surface area contributed by atoms with Gasteiger partial charge in [0.2, 0.25) is 5.91 Å². The molecule has 0 saturated heterocycles. The van der Waals surface area contributed by atoms with Crippen molar-refractivity contribution in [1.29, 1.82) is 0 Å². The third-order valence-corrected chi connectivity index (χ3v) is 4.14. The van der Waals surface area contributed by atoms with Crippen LogP contribution in [0.2, 0.25) is 0 Å². The van der Waals surface area contributed by atoms with E-state index in [-0.39, 0.29) is 17.6 Å². The van der Waals surface area contributed by atoms with Crippen molar-refractivity contribution in [3.8, 4) is 0 Å². The number of carbonyl (C=O) groups excluding carboxylic acids is 1. The second-order valence-electron chi connectivity index (χ2n) is 5.93. The van der Waals surface area contributed by atoms with Gasteiger partial charge in [0.25, 0.3) is 0 Å². The van der Waals surface area contributed by atoms with E-state index in [2.05, 4.69) is 31.3 Å². The quantitative estimate of drug-likeness (QED) is 0.407. The fourth-order valence-corrected chi connectivity index (χ4v) is 2.50. The van der Waals surface area contributed by atoms with Crippen LogP contribution in [0.5, 0.6) is 0 Å². The van der Waals surface area contributed by atoms with Crippen LogP contribution in [-0.4, -0.2) is 23.9 Å². The first-order chi connectivity index (χ1) is 12.5. The molecule has 0 atom stereocenters. The van der Waals surface area contributed by atoms with Gasteiger partial charge in [-0.05, 0) is 31.6 Å². The Morgan fingerprint density at radius 3 is 2.38 bits per heavy atom. The molecule has 0 aliphatic rings. The van der Waals surface area contributed by atoms with Crippen LogP contribution in [0, 0.1) is 10.1 Å². The largest absolute Gasteiger partial charge is 0.433 e. The molecule has 1 aromatic heterocycles. The lowest BCUT2D eigenvalue weighted by atomic mass is 10.1. The number of benzene rings is 1. The van der Waals surface area contributed by atoms with Crippen LogP contribution in [-0.2, 0) is 17.9 Å². The van der Waals surface area contributed by atoms with Gasteiger partial charge < -0.3 is 14.6 Å². The molecule has 26 heavy (non-hydrogen) atoms. The minimum Gasteiger partial charge on any atom is -0.401 e. The Morgan fingerprint density at radius 1 is 1.15 bits per heavy atom. The normalized spacial score (nSPS) is 11.2. The van der Waals surface area contributed by atoms with E-state index >= 15 is 0 Å². The van der Waals surface area contributed by atoms with Gasteiger partial charge in [-0.3, -0.25) is 14.9 Å². The van der Waals surface area contributed by atoms with Crippen LogP contribution in [0.1, 0.15) is 30.7 Å². The molecule has 0 fully saturated rings. The Hall–Kier alpha value is -2.93. The molecule has 0 saturated carbocycles. The van der Waals surface area contributed by atoms with E-state index in [0.717, 1.165) is 25.2 Å². The summed E-state index contributed by atoms with van der Waals surface area (Å²) < 4.78 is 4.95. The monoisotopic (exact) mass is 358 g/mol. The van der Waals surface area contributed by atoms with Crippen molar-refractivity contribution in [2.75, 3.05) is 13.1 Å². The molecule has 2 N–H and O–H groups in total. The molecule has 1 aromatic carbocycles. The van der Waals surface area contributed by atoms with Gasteiger partial charge >= 0.3 is 5.88 Å². The van der Waals surface area contributed by atoms with Gasteiger partial charge in [-0.25, -0.2) is 0 Å². The van der Waals surface area contributed by atoms with Crippen LogP contribution in [0.15, 0.2) is 46.9 Å². The zero-order chi connectivity index (χ0) is 18.9. The van der Waals surface area contributed by atoms with Crippen LogP contribution in [0.25, 0.3) is 6.08 Å². The van der Waals surface area contributed by atoms with Crippen molar-refractivity contribution >= 4 is 17.9 Å². The maximum Gasteiger partial charge on any atom is 0.433 e. The van der Waals surface area contributed by atoms with E-state index in [9.17, 15) is 14.9 Å². The second-order valence-corrected chi connectivity index (χ2v) is 5.93. The predicted molar refractivity (Wildman–Crippen MR) is 98.4 cm³/mol. The molecule has 0 bridgehead atoms. The summed E-state index contributed by atoms with van der Waals surface area (Å²) in [6.07, 6.45) is 2.69. The average Bonchev–Trinajstić information content (AvgIpc) is 3.13. The summed E-state index contributed by atoms with van der Waals surface area (Å²) in [7, 11) is 0. The van der Waals surface area contributed by atoms with Crippen LogP contribution >= 0.6 is 0 Å². The van der Waals surface area contributed by atoms with Crippen LogP contribution < -0.4 is 10.2 Å². The summed E-state index contributed by atoms with van der Waals surface area (Å²) in [6, 6.07) is 10.9. The lowest BCUT2D eigenvalue weighted by Gasteiger charge is -2.15. The maximum absolute atomic E-state index is 11.8. The molecule has 2 rings (SSSR count). The molecule has 0 unspecified atom stereocenters. The Bertz CT molecular complexity index is 761. The molecule has 138 valence electrons. The minimum absolute atomic E-state index is 0.259. The molecule has 1 heterocycles. The lowest BCUT2D eigenvalue weighted by Crippen LogP contribution is -3.10.